The standard InChI is InChI=1S/C8H14INO/c9-11-7-8(2-3-8)6-10-4-1-5-10/h1-7H2. The highest BCUT2D eigenvalue weighted by Gasteiger charge is 2.44. The minimum Gasteiger partial charge on any atom is -0.315 e. The smallest absolute Gasteiger partial charge is 0.109 e. The molecule has 2 rings (SSSR count). The topological polar surface area (TPSA) is 12.5 Å². The van der Waals surface area contributed by atoms with Crippen LogP contribution in [-0.2, 0) is 3.07 Å². The zero-order valence-corrected chi connectivity index (χ0v) is 8.84. The monoisotopic (exact) mass is 267 g/mol. The van der Waals surface area contributed by atoms with Gasteiger partial charge in [0.05, 0.1) is 6.61 Å². The molecule has 0 spiro atoms. The second kappa shape index (κ2) is 3.18. The van der Waals surface area contributed by atoms with Crippen molar-refractivity contribution < 1.29 is 3.07 Å². The zero-order valence-electron chi connectivity index (χ0n) is 6.68. The molecular formula is C8H14INO. The quantitative estimate of drug-likeness (QED) is 0.721. The van der Waals surface area contributed by atoms with Crippen molar-refractivity contribution >= 4 is 23.0 Å². The summed E-state index contributed by atoms with van der Waals surface area (Å²) in [4.78, 5) is 2.54. The van der Waals surface area contributed by atoms with Crippen LogP contribution in [0.25, 0.3) is 0 Å². The molecule has 1 heterocycles. The summed E-state index contributed by atoms with van der Waals surface area (Å²) in [7, 11) is 0. The first-order chi connectivity index (χ1) is 5.35. The summed E-state index contributed by atoms with van der Waals surface area (Å²) in [6.45, 7) is 4.89. The van der Waals surface area contributed by atoms with E-state index >= 15 is 0 Å². The van der Waals surface area contributed by atoms with Gasteiger partial charge in [-0.1, -0.05) is 0 Å². The molecule has 0 amide bonds. The van der Waals surface area contributed by atoms with Crippen LogP contribution < -0.4 is 0 Å². The number of likely N-dealkylation sites (tertiary alicyclic amines) is 1. The number of hydrogen-bond acceptors (Lipinski definition) is 2. The van der Waals surface area contributed by atoms with Gasteiger partial charge in [0, 0.05) is 12.0 Å². The molecule has 0 atom stereocenters. The zero-order chi connectivity index (χ0) is 7.73. The molecule has 2 aliphatic rings. The predicted molar refractivity (Wildman–Crippen MR) is 52.7 cm³/mol. The van der Waals surface area contributed by atoms with E-state index in [9.17, 15) is 0 Å². The van der Waals surface area contributed by atoms with Crippen LogP contribution >= 0.6 is 23.0 Å². The van der Waals surface area contributed by atoms with E-state index in [0.717, 1.165) is 6.61 Å². The summed E-state index contributed by atoms with van der Waals surface area (Å²) in [6.07, 6.45) is 4.17. The van der Waals surface area contributed by atoms with Gasteiger partial charge in [0.1, 0.15) is 23.0 Å². The molecule has 3 heteroatoms. The van der Waals surface area contributed by atoms with Crippen LogP contribution in [0.4, 0.5) is 0 Å². The second-order valence-corrected chi connectivity index (χ2v) is 4.51. The Morgan fingerprint density at radius 1 is 1.36 bits per heavy atom. The van der Waals surface area contributed by atoms with Crippen LogP contribution in [-0.4, -0.2) is 31.1 Å². The molecule has 0 aromatic rings. The van der Waals surface area contributed by atoms with Crippen molar-refractivity contribution in [2.75, 3.05) is 26.2 Å². The average Bonchev–Trinajstić information content (AvgIpc) is 2.62. The third-order valence-corrected chi connectivity index (χ3v) is 3.14. The Hall–Kier alpha value is 0.650. The fourth-order valence-corrected chi connectivity index (χ4v) is 2.32. The Labute approximate surface area is 82.0 Å². The van der Waals surface area contributed by atoms with E-state index < -0.39 is 0 Å². The Kier molecular flexibility index (Phi) is 2.39. The fraction of sp³-hybridized carbons (Fsp3) is 1.00. The lowest BCUT2D eigenvalue weighted by atomic mass is 10.1. The highest BCUT2D eigenvalue weighted by molar-refractivity contribution is 14.1. The van der Waals surface area contributed by atoms with E-state index in [0.29, 0.717) is 5.41 Å². The predicted octanol–water partition coefficient (Wildman–Crippen LogP) is 1.84. The Bertz CT molecular complexity index is 143. The van der Waals surface area contributed by atoms with Gasteiger partial charge >= 0.3 is 0 Å². The Morgan fingerprint density at radius 2 is 2.09 bits per heavy atom. The van der Waals surface area contributed by atoms with Crippen LogP contribution in [0.15, 0.2) is 0 Å². The van der Waals surface area contributed by atoms with Gasteiger partial charge in [-0.05, 0) is 32.4 Å². The van der Waals surface area contributed by atoms with Crippen molar-refractivity contribution in [3.05, 3.63) is 0 Å². The molecule has 0 unspecified atom stereocenters. The van der Waals surface area contributed by atoms with Gasteiger partial charge in [-0.15, -0.1) is 0 Å². The summed E-state index contributed by atoms with van der Waals surface area (Å²) in [6, 6.07) is 0. The van der Waals surface area contributed by atoms with E-state index in [1.807, 2.05) is 23.0 Å². The molecule has 2 nitrogen and oxygen atoms in total. The Morgan fingerprint density at radius 3 is 2.45 bits per heavy atom. The molecule has 1 saturated heterocycles. The lowest BCUT2D eigenvalue weighted by molar-refractivity contribution is 0.125. The van der Waals surface area contributed by atoms with Gasteiger partial charge in [-0.2, -0.15) is 0 Å². The van der Waals surface area contributed by atoms with Crippen molar-refractivity contribution in [2.24, 2.45) is 5.41 Å². The molecule has 1 aliphatic heterocycles. The van der Waals surface area contributed by atoms with Gasteiger partial charge in [0.15, 0.2) is 0 Å². The number of nitrogens with zero attached hydrogens (tertiary/aromatic N) is 1. The van der Waals surface area contributed by atoms with E-state index in [2.05, 4.69) is 4.90 Å². The average molecular weight is 267 g/mol. The minimum atomic E-state index is 0.571. The van der Waals surface area contributed by atoms with Crippen molar-refractivity contribution in [2.45, 2.75) is 19.3 Å². The normalized spacial score (nSPS) is 28.1. The summed E-state index contributed by atoms with van der Waals surface area (Å²) >= 11 is 2.01. The Balaban J connectivity index is 1.74. The van der Waals surface area contributed by atoms with Gasteiger partial charge in [-0.3, -0.25) is 0 Å². The second-order valence-electron chi connectivity index (χ2n) is 3.88. The van der Waals surface area contributed by atoms with Crippen LogP contribution in [0.3, 0.4) is 0 Å². The maximum atomic E-state index is 5.18. The summed E-state index contributed by atoms with van der Waals surface area (Å²) < 4.78 is 5.18. The van der Waals surface area contributed by atoms with Crippen molar-refractivity contribution in [1.29, 1.82) is 0 Å². The van der Waals surface area contributed by atoms with E-state index in [1.54, 1.807) is 0 Å². The molecule has 2 fully saturated rings. The summed E-state index contributed by atoms with van der Waals surface area (Å²) in [5.41, 5.74) is 0.571. The maximum Gasteiger partial charge on any atom is 0.109 e. The molecule has 0 bridgehead atoms. The molecule has 0 radical (unpaired) electrons. The number of halogens is 1. The van der Waals surface area contributed by atoms with Gasteiger partial charge < -0.3 is 7.97 Å². The van der Waals surface area contributed by atoms with Crippen molar-refractivity contribution in [3.8, 4) is 0 Å². The number of hydrogen-bond donors (Lipinski definition) is 0. The molecule has 11 heavy (non-hydrogen) atoms. The molecular weight excluding hydrogens is 253 g/mol. The molecule has 1 aliphatic carbocycles. The lowest BCUT2D eigenvalue weighted by Crippen LogP contribution is -2.41. The van der Waals surface area contributed by atoms with Crippen LogP contribution in [0.2, 0.25) is 0 Å². The number of rotatable bonds is 4. The molecule has 0 N–H and O–H groups in total. The van der Waals surface area contributed by atoms with E-state index in [4.69, 9.17) is 3.07 Å². The van der Waals surface area contributed by atoms with E-state index in [-0.39, 0.29) is 0 Å². The van der Waals surface area contributed by atoms with Crippen LogP contribution in [0, 0.1) is 5.41 Å². The maximum absolute atomic E-state index is 5.18. The van der Waals surface area contributed by atoms with Gasteiger partial charge in [0.25, 0.3) is 0 Å². The van der Waals surface area contributed by atoms with Crippen LogP contribution in [0.1, 0.15) is 19.3 Å². The van der Waals surface area contributed by atoms with Crippen molar-refractivity contribution in [3.63, 3.8) is 0 Å². The third-order valence-electron chi connectivity index (χ3n) is 2.83. The van der Waals surface area contributed by atoms with Gasteiger partial charge in [0.2, 0.25) is 0 Å². The largest absolute Gasteiger partial charge is 0.315 e. The molecule has 1 saturated carbocycles. The van der Waals surface area contributed by atoms with Gasteiger partial charge in [-0.25, -0.2) is 0 Å². The first-order valence-electron chi connectivity index (χ1n) is 4.31. The summed E-state index contributed by atoms with van der Waals surface area (Å²) in [5, 5.41) is 0. The first kappa shape index (κ1) is 8.26. The highest BCUT2D eigenvalue weighted by Crippen LogP contribution is 2.47. The van der Waals surface area contributed by atoms with Crippen LogP contribution in [0.5, 0.6) is 0 Å². The molecule has 0 aromatic carbocycles. The minimum absolute atomic E-state index is 0.571. The first-order valence-corrected chi connectivity index (χ1v) is 5.19. The third kappa shape index (κ3) is 1.87. The molecule has 64 valence electrons. The fourth-order valence-electron chi connectivity index (χ4n) is 1.65. The highest BCUT2D eigenvalue weighted by atomic mass is 127. The molecule has 0 aromatic heterocycles. The SMILES string of the molecule is IOCC1(CN2CCC2)CC1. The summed E-state index contributed by atoms with van der Waals surface area (Å²) in [5.74, 6) is 0. The van der Waals surface area contributed by atoms with Crippen molar-refractivity contribution in [1.82, 2.24) is 4.90 Å². The van der Waals surface area contributed by atoms with E-state index in [1.165, 1.54) is 38.9 Å². The lowest BCUT2D eigenvalue weighted by Gasteiger charge is -2.33.